The summed E-state index contributed by atoms with van der Waals surface area (Å²) in [6.07, 6.45) is 0. The highest BCUT2D eigenvalue weighted by molar-refractivity contribution is 9.10. The lowest BCUT2D eigenvalue weighted by atomic mass is 10.1. The molecule has 108 valence electrons. The second kappa shape index (κ2) is 5.44. The quantitative estimate of drug-likeness (QED) is 0.323. The fourth-order valence-electron chi connectivity index (χ4n) is 2.85. The highest BCUT2D eigenvalue weighted by Gasteiger charge is 2.12. The third kappa shape index (κ3) is 2.30. The SMILES string of the molecule is Sc1ccc2c(c1)c1cc(Br)ccc1n2-c1ccc(Br)cc1. The van der Waals surface area contributed by atoms with Gasteiger partial charge in [-0.3, -0.25) is 0 Å². The van der Waals surface area contributed by atoms with E-state index >= 15 is 0 Å². The summed E-state index contributed by atoms with van der Waals surface area (Å²) in [6.45, 7) is 0. The first kappa shape index (κ1) is 14.4. The molecule has 0 aliphatic heterocycles. The number of thiol groups is 1. The van der Waals surface area contributed by atoms with Crippen LogP contribution in [0, 0.1) is 0 Å². The van der Waals surface area contributed by atoms with Crippen molar-refractivity contribution in [3.8, 4) is 5.69 Å². The van der Waals surface area contributed by atoms with E-state index in [-0.39, 0.29) is 0 Å². The van der Waals surface area contributed by atoms with E-state index in [1.54, 1.807) is 0 Å². The molecule has 0 amide bonds. The molecule has 0 saturated heterocycles. The van der Waals surface area contributed by atoms with Gasteiger partial charge in [0.15, 0.2) is 0 Å². The molecule has 1 heterocycles. The van der Waals surface area contributed by atoms with Gasteiger partial charge in [0.25, 0.3) is 0 Å². The second-order valence-corrected chi connectivity index (χ2v) is 7.52. The summed E-state index contributed by atoms with van der Waals surface area (Å²) in [6, 6.07) is 21.1. The molecule has 0 bridgehead atoms. The van der Waals surface area contributed by atoms with Crippen LogP contribution in [0.15, 0.2) is 74.5 Å². The monoisotopic (exact) mass is 431 g/mol. The van der Waals surface area contributed by atoms with Gasteiger partial charge in [0.2, 0.25) is 0 Å². The number of fused-ring (bicyclic) bond motifs is 3. The molecule has 0 aliphatic carbocycles. The van der Waals surface area contributed by atoms with Gasteiger partial charge >= 0.3 is 0 Å². The third-order valence-electron chi connectivity index (χ3n) is 3.80. The van der Waals surface area contributed by atoms with Gasteiger partial charge in [0.05, 0.1) is 11.0 Å². The molecular formula is C18H11Br2NS. The Morgan fingerprint density at radius 1 is 0.682 bits per heavy atom. The standard InChI is InChI=1S/C18H11Br2NS/c19-11-1-4-13(5-2-11)21-17-7-3-12(20)9-15(17)16-10-14(22)6-8-18(16)21/h1-10,22H. The fourth-order valence-corrected chi connectivity index (χ4v) is 3.68. The first-order valence-electron chi connectivity index (χ1n) is 6.82. The molecule has 0 saturated carbocycles. The number of halogens is 2. The van der Waals surface area contributed by atoms with Crippen LogP contribution < -0.4 is 0 Å². The summed E-state index contributed by atoms with van der Waals surface area (Å²) in [5, 5.41) is 2.44. The summed E-state index contributed by atoms with van der Waals surface area (Å²) >= 11 is 11.6. The smallest absolute Gasteiger partial charge is 0.0541 e. The van der Waals surface area contributed by atoms with Crippen molar-refractivity contribution in [3.05, 3.63) is 69.6 Å². The zero-order valence-corrected chi connectivity index (χ0v) is 15.5. The number of hydrogen-bond donors (Lipinski definition) is 1. The Bertz CT molecular complexity index is 944. The van der Waals surface area contributed by atoms with E-state index in [1.165, 1.54) is 21.8 Å². The van der Waals surface area contributed by atoms with Crippen molar-refractivity contribution in [2.24, 2.45) is 0 Å². The van der Waals surface area contributed by atoms with Gasteiger partial charge < -0.3 is 4.57 Å². The van der Waals surface area contributed by atoms with Crippen LogP contribution in [0.5, 0.6) is 0 Å². The topological polar surface area (TPSA) is 4.93 Å². The van der Waals surface area contributed by atoms with E-state index in [9.17, 15) is 0 Å². The molecule has 0 atom stereocenters. The van der Waals surface area contributed by atoms with Gasteiger partial charge in [-0.15, -0.1) is 12.6 Å². The van der Waals surface area contributed by atoms with Gasteiger partial charge in [-0.1, -0.05) is 31.9 Å². The van der Waals surface area contributed by atoms with Crippen molar-refractivity contribution < 1.29 is 0 Å². The Balaban J connectivity index is 2.17. The number of benzene rings is 3. The summed E-state index contributed by atoms with van der Waals surface area (Å²) in [4.78, 5) is 0.974. The Kier molecular flexibility index (Phi) is 3.56. The average molecular weight is 433 g/mol. The van der Waals surface area contributed by atoms with Crippen LogP contribution >= 0.6 is 44.5 Å². The Morgan fingerprint density at radius 3 is 2.00 bits per heavy atom. The Labute approximate surface area is 150 Å². The molecule has 4 heteroatoms. The molecule has 3 aromatic carbocycles. The van der Waals surface area contributed by atoms with E-state index in [1.807, 2.05) is 6.07 Å². The number of nitrogens with zero attached hydrogens (tertiary/aromatic N) is 1. The van der Waals surface area contributed by atoms with Crippen molar-refractivity contribution in [2.75, 3.05) is 0 Å². The Morgan fingerprint density at radius 2 is 1.27 bits per heavy atom. The predicted molar refractivity (Wildman–Crippen MR) is 103 cm³/mol. The Hall–Kier alpha value is -1.23. The van der Waals surface area contributed by atoms with Crippen LogP contribution in [-0.2, 0) is 0 Å². The van der Waals surface area contributed by atoms with Crippen LogP contribution in [0.2, 0.25) is 0 Å². The predicted octanol–water partition coefficient (Wildman–Crippen LogP) is 6.60. The van der Waals surface area contributed by atoms with E-state index < -0.39 is 0 Å². The zero-order valence-electron chi connectivity index (χ0n) is 11.4. The molecule has 0 N–H and O–H groups in total. The number of aromatic nitrogens is 1. The fraction of sp³-hybridized carbons (Fsp3) is 0. The van der Waals surface area contributed by atoms with Crippen LogP contribution in [0.25, 0.3) is 27.5 Å². The normalized spacial score (nSPS) is 11.4. The van der Waals surface area contributed by atoms with Gasteiger partial charge in [-0.2, -0.15) is 0 Å². The highest BCUT2D eigenvalue weighted by Crippen LogP contribution is 2.35. The number of rotatable bonds is 1. The van der Waals surface area contributed by atoms with Crippen molar-refractivity contribution >= 4 is 66.3 Å². The van der Waals surface area contributed by atoms with Gasteiger partial charge in [-0.05, 0) is 60.7 Å². The van der Waals surface area contributed by atoms with E-state index in [0.29, 0.717) is 0 Å². The maximum atomic E-state index is 4.49. The maximum Gasteiger partial charge on any atom is 0.0541 e. The molecule has 4 aromatic rings. The van der Waals surface area contributed by atoms with Crippen LogP contribution in [0.4, 0.5) is 0 Å². The maximum absolute atomic E-state index is 4.49. The summed E-state index contributed by atoms with van der Waals surface area (Å²) in [5.41, 5.74) is 3.53. The molecule has 22 heavy (non-hydrogen) atoms. The minimum absolute atomic E-state index is 0.974. The van der Waals surface area contributed by atoms with E-state index in [2.05, 4.69) is 104 Å². The van der Waals surface area contributed by atoms with E-state index in [4.69, 9.17) is 0 Å². The van der Waals surface area contributed by atoms with Gasteiger partial charge in [-0.25, -0.2) is 0 Å². The molecule has 0 aliphatic rings. The second-order valence-electron chi connectivity index (χ2n) is 5.17. The van der Waals surface area contributed by atoms with Crippen LogP contribution in [0.1, 0.15) is 0 Å². The van der Waals surface area contributed by atoms with Gasteiger partial charge in [0, 0.05) is 30.3 Å². The largest absolute Gasteiger partial charge is 0.309 e. The lowest BCUT2D eigenvalue weighted by Crippen LogP contribution is -1.93. The first-order chi connectivity index (χ1) is 10.6. The zero-order chi connectivity index (χ0) is 15.3. The summed E-state index contributed by atoms with van der Waals surface area (Å²) < 4.78 is 4.45. The van der Waals surface area contributed by atoms with Crippen molar-refractivity contribution in [1.29, 1.82) is 0 Å². The molecule has 4 rings (SSSR count). The van der Waals surface area contributed by atoms with Crippen molar-refractivity contribution in [1.82, 2.24) is 4.57 Å². The lowest BCUT2D eigenvalue weighted by Gasteiger charge is -2.08. The lowest BCUT2D eigenvalue weighted by molar-refractivity contribution is 1.18. The molecule has 0 unspecified atom stereocenters. The third-order valence-corrected chi connectivity index (χ3v) is 5.10. The molecule has 0 fully saturated rings. The molecular weight excluding hydrogens is 422 g/mol. The van der Waals surface area contributed by atoms with Crippen LogP contribution in [0.3, 0.4) is 0 Å². The molecule has 0 spiro atoms. The van der Waals surface area contributed by atoms with Gasteiger partial charge in [0.1, 0.15) is 0 Å². The molecule has 1 aromatic heterocycles. The summed E-state index contributed by atoms with van der Waals surface area (Å²) in [5.74, 6) is 0. The molecule has 0 radical (unpaired) electrons. The number of hydrogen-bond acceptors (Lipinski definition) is 1. The summed E-state index contributed by atoms with van der Waals surface area (Å²) in [7, 11) is 0. The first-order valence-corrected chi connectivity index (χ1v) is 8.85. The molecule has 1 nitrogen and oxygen atoms in total. The van der Waals surface area contributed by atoms with Crippen molar-refractivity contribution in [3.63, 3.8) is 0 Å². The highest BCUT2D eigenvalue weighted by atomic mass is 79.9. The van der Waals surface area contributed by atoms with Crippen molar-refractivity contribution in [2.45, 2.75) is 4.90 Å². The minimum atomic E-state index is 0.974. The van der Waals surface area contributed by atoms with Crippen LogP contribution in [-0.4, -0.2) is 4.57 Å². The minimum Gasteiger partial charge on any atom is -0.309 e. The van der Waals surface area contributed by atoms with E-state index in [0.717, 1.165) is 19.5 Å². The average Bonchev–Trinajstić information content (AvgIpc) is 2.81.